The van der Waals surface area contributed by atoms with E-state index in [1.54, 1.807) is 18.2 Å². The number of hydrogen-bond donors (Lipinski definition) is 6. The van der Waals surface area contributed by atoms with Gasteiger partial charge in [-0.25, -0.2) is 0 Å². The minimum Gasteiger partial charge on any atom is -0.507 e. The molecule has 0 amide bonds. The molecule has 2 rings (SSSR count). The molecule has 1 aromatic carbocycles. The maximum atomic E-state index is 9.04. The highest BCUT2D eigenvalue weighted by Crippen LogP contribution is 2.22. The summed E-state index contributed by atoms with van der Waals surface area (Å²) in [5, 5.41) is 44.9. The first-order chi connectivity index (χ1) is 13.4. The van der Waals surface area contributed by atoms with E-state index in [0.29, 0.717) is 23.0 Å². The summed E-state index contributed by atoms with van der Waals surface area (Å²) in [6.45, 7) is 3.93. The van der Waals surface area contributed by atoms with E-state index in [1.165, 1.54) is 51.8 Å². The molecule has 0 spiro atoms. The van der Waals surface area contributed by atoms with Gasteiger partial charge in [-0.15, -0.1) is 0 Å². The van der Waals surface area contributed by atoms with Crippen LogP contribution in [0.5, 0.6) is 5.75 Å². The van der Waals surface area contributed by atoms with Crippen molar-refractivity contribution in [1.29, 1.82) is 0 Å². The fraction of sp³-hybridized carbons (Fsp3) is 0.526. The molecule has 1 aromatic rings. The van der Waals surface area contributed by atoms with Gasteiger partial charge in [0.25, 0.3) is 0 Å². The maximum absolute atomic E-state index is 9.04. The molecule has 158 valence electrons. The Morgan fingerprint density at radius 1 is 1.11 bits per heavy atom. The predicted octanol–water partition coefficient (Wildman–Crippen LogP) is 2.61. The summed E-state index contributed by atoms with van der Waals surface area (Å²) in [4.78, 5) is 0. The maximum Gasteiger partial charge on any atom is 0.124 e. The SMILES string of the molecule is CC(=N\O)/C(C)=N/O.CN[C@H]1CCCC[C@@H]1CN.O/N=C/c1ccccc1O. The number of hydrogen-bond acceptors (Lipinski definition) is 9. The zero-order chi connectivity index (χ0) is 21.4. The molecule has 1 aliphatic carbocycles. The van der Waals surface area contributed by atoms with Crippen molar-refractivity contribution in [2.75, 3.05) is 13.6 Å². The third-order valence-electron chi connectivity index (χ3n) is 4.54. The Morgan fingerprint density at radius 3 is 2.11 bits per heavy atom. The van der Waals surface area contributed by atoms with Crippen molar-refractivity contribution in [3.05, 3.63) is 29.8 Å². The van der Waals surface area contributed by atoms with Crippen LogP contribution in [-0.2, 0) is 0 Å². The highest BCUT2D eigenvalue weighted by atomic mass is 16.4. The first kappa shape index (κ1) is 25.4. The van der Waals surface area contributed by atoms with E-state index in [0.717, 1.165) is 12.5 Å². The molecule has 0 heterocycles. The van der Waals surface area contributed by atoms with Gasteiger partial charge < -0.3 is 31.8 Å². The predicted molar refractivity (Wildman–Crippen MR) is 111 cm³/mol. The highest BCUT2D eigenvalue weighted by Gasteiger charge is 2.21. The van der Waals surface area contributed by atoms with Gasteiger partial charge >= 0.3 is 0 Å². The Hall–Kier alpha value is -2.65. The Labute approximate surface area is 166 Å². The number of oxime groups is 3. The minimum atomic E-state index is 0.111. The topological polar surface area (TPSA) is 156 Å². The quantitative estimate of drug-likeness (QED) is 0.261. The summed E-state index contributed by atoms with van der Waals surface area (Å²) in [7, 11) is 2.04. The smallest absolute Gasteiger partial charge is 0.124 e. The lowest BCUT2D eigenvalue weighted by molar-refractivity contribution is 0.281. The highest BCUT2D eigenvalue weighted by molar-refractivity contribution is 6.40. The molecule has 2 atom stereocenters. The molecule has 28 heavy (non-hydrogen) atoms. The monoisotopic (exact) mass is 395 g/mol. The van der Waals surface area contributed by atoms with Crippen molar-refractivity contribution in [3.63, 3.8) is 0 Å². The molecule has 1 aliphatic rings. The Balaban J connectivity index is 0.000000394. The van der Waals surface area contributed by atoms with Gasteiger partial charge in [0.1, 0.15) is 17.2 Å². The first-order valence-electron chi connectivity index (χ1n) is 9.15. The van der Waals surface area contributed by atoms with Crippen LogP contribution < -0.4 is 11.1 Å². The largest absolute Gasteiger partial charge is 0.507 e. The van der Waals surface area contributed by atoms with Crippen molar-refractivity contribution in [2.45, 2.75) is 45.6 Å². The van der Waals surface area contributed by atoms with Crippen LogP contribution in [0.3, 0.4) is 0 Å². The standard InChI is InChI=1S/C8H18N2.C7H7NO2.C4H8N2O2/c1-10-8-5-3-2-4-7(8)6-9;9-7-4-2-1-3-6(7)5-8-10;1-3(5-7)4(2)6-8/h7-8,10H,2-6,9H2,1H3;1-5,9-10H;7-8H,1-2H3/b;8-5+;5-3+,6-4+/t7-,8+;;/m1../s1. The number of phenols is 1. The lowest BCUT2D eigenvalue weighted by Crippen LogP contribution is -2.39. The Bertz CT molecular complexity index is 607. The van der Waals surface area contributed by atoms with Crippen LogP contribution in [0, 0.1) is 5.92 Å². The van der Waals surface area contributed by atoms with Gasteiger partial charge in [0.15, 0.2) is 0 Å². The second-order valence-corrected chi connectivity index (χ2v) is 6.35. The lowest BCUT2D eigenvalue weighted by Gasteiger charge is -2.30. The second kappa shape index (κ2) is 15.4. The Kier molecular flexibility index (Phi) is 14.0. The van der Waals surface area contributed by atoms with Gasteiger partial charge in [0, 0.05) is 11.6 Å². The lowest BCUT2D eigenvalue weighted by atomic mass is 9.85. The molecule has 0 radical (unpaired) electrons. The summed E-state index contributed by atoms with van der Waals surface area (Å²) < 4.78 is 0. The van der Waals surface area contributed by atoms with Crippen LogP contribution in [0.4, 0.5) is 0 Å². The number of nitrogens with zero attached hydrogens (tertiary/aromatic N) is 3. The van der Waals surface area contributed by atoms with E-state index in [9.17, 15) is 0 Å². The summed E-state index contributed by atoms with van der Waals surface area (Å²) in [5.41, 5.74) is 6.76. The number of nitrogens with one attached hydrogen (secondary N) is 1. The van der Waals surface area contributed by atoms with Gasteiger partial charge in [-0.2, -0.15) is 0 Å². The average Bonchev–Trinajstić information content (AvgIpc) is 2.75. The minimum absolute atomic E-state index is 0.111. The second-order valence-electron chi connectivity index (χ2n) is 6.35. The van der Waals surface area contributed by atoms with Gasteiger partial charge in [0.2, 0.25) is 0 Å². The first-order valence-corrected chi connectivity index (χ1v) is 9.15. The van der Waals surface area contributed by atoms with E-state index in [1.807, 2.05) is 7.05 Å². The van der Waals surface area contributed by atoms with E-state index < -0.39 is 0 Å². The molecule has 1 fully saturated rings. The van der Waals surface area contributed by atoms with Crippen LogP contribution in [0.15, 0.2) is 39.7 Å². The van der Waals surface area contributed by atoms with Gasteiger partial charge in [-0.05, 0) is 58.3 Å². The molecule has 0 aliphatic heterocycles. The summed E-state index contributed by atoms with van der Waals surface area (Å²) >= 11 is 0. The molecule has 0 aromatic heterocycles. The van der Waals surface area contributed by atoms with Crippen molar-refractivity contribution in [2.24, 2.45) is 27.1 Å². The molecular weight excluding hydrogens is 362 g/mol. The fourth-order valence-corrected chi connectivity index (χ4v) is 2.67. The molecule has 9 heteroatoms. The molecule has 0 saturated heterocycles. The number of nitrogens with two attached hydrogens (primary N) is 1. The molecule has 7 N–H and O–H groups in total. The van der Waals surface area contributed by atoms with Crippen LogP contribution in [0.25, 0.3) is 0 Å². The molecule has 0 unspecified atom stereocenters. The van der Waals surface area contributed by atoms with E-state index in [-0.39, 0.29) is 5.75 Å². The van der Waals surface area contributed by atoms with Crippen molar-refractivity contribution >= 4 is 17.6 Å². The molecule has 9 nitrogen and oxygen atoms in total. The van der Waals surface area contributed by atoms with E-state index >= 15 is 0 Å². The van der Waals surface area contributed by atoms with E-state index in [4.69, 9.17) is 26.5 Å². The zero-order valence-electron chi connectivity index (χ0n) is 16.8. The van der Waals surface area contributed by atoms with Crippen LogP contribution in [-0.4, -0.2) is 58.0 Å². The third-order valence-corrected chi connectivity index (χ3v) is 4.54. The average molecular weight is 396 g/mol. The molecule has 0 bridgehead atoms. The summed E-state index contributed by atoms with van der Waals surface area (Å²) in [6.07, 6.45) is 6.57. The van der Waals surface area contributed by atoms with Gasteiger partial charge in [-0.1, -0.05) is 40.4 Å². The number of aromatic hydroxyl groups is 1. The summed E-state index contributed by atoms with van der Waals surface area (Å²) in [5.74, 6) is 0.846. The summed E-state index contributed by atoms with van der Waals surface area (Å²) in [6, 6.07) is 7.31. The van der Waals surface area contributed by atoms with Crippen molar-refractivity contribution in [3.8, 4) is 5.75 Å². The number of para-hydroxylation sites is 1. The van der Waals surface area contributed by atoms with Crippen molar-refractivity contribution in [1.82, 2.24) is 5.32 Å². The van der Waals surface area contributed by atoms with Crippen LogP contribution in [0.2, 0.25) is 0 Å². The number of rotatable bonds is 4. The van der Waals surface area contributed by atoms with Crippen LogP contribution >= 0.6 is 0 Å². The normalized spacial score (nSPS) is 20.0. The van der Waals surface area contributed by atoms with E-state index in [2.05, 4.69) is 20.8 Å². The third kappa shape index (κ3) is 9.89. The molecular formula is C19H33N5O4. The number of benzene rings is 1. The molecule has 1 saturated carbocycles. The zero-order valence-corrected chi connectivity index (χ0v) is 16.8. The Morgan fingerprint density at radius 2 is 1.68 bits per heavy atom. The van der Waals surface area contributed by atoms with Crippen LogP contribution in [0.1, 0.15) is 45.1 Å². The van der Waals surface area contributed by atoms with Crippen molar-refractivity contribution < 1.29 is 20.7 Å². The van der Waals surface area contributed by atoms with Gasteiger partial charge in [0.05, 0.1) is 6.21 Å². The fourth-order valence-electron chi connectivity index (χ4n) is 2.67. The van der Waals surface area contributed by atoms with Gasteiger partial charge in [-0.3, -0.25) is 0 Å². The number of phenolic OH excluding ortho intramolecular Hbond substituents is 1.